The third kappa shape index (κ3) is 5.18. The van der Waals surface area contributed by atoms with Crippen molar-refractivity contribution >= 4 is 11.7 Å². The minimum absolute atomic E-state index is 0.0434. The minimum atomic E-state index is -0.446. The molecule has 134 valence electrons. The van der Waals surface area contributed by atoms with Crippen molar-refractivity contribution < 1.29 is 18.7 Å². The van der Waals surface area contributed by atoms with Gasteiger partial charge in [0, 0.05) is 38.2 Å². The van der Waals surface area contributed by atoms with E-state index in [1.54, 1.807) is 12.5 Å². The Morgan fingerprint density at radius 3 is 3.16 bits per heavy atom. The van der Waals surface area contributed by atoms with Gasteiger partial charge in [0.2, 0.25) is 0 Å². The molecule has 1 aliphatic heterocycles. The fraction of sp³-hybridized carbons (Fsp3) is 0.412. The molecule has 0 spiro atoms. The minimum Gasteiger partial charge on any atom is -0.489 e. The number of ether oxygens (including phenoxy) is 2. The van der Waals surface area contributed by atoms with Crippen LogP contribution in [0.5, 0.6) is 5.75 Å². The van der Waals surface area contributed by atoms with Gasteiger partial charge in [-0.3, -0.25) is 0 Å². The van der Waals surface area contributed by atoms with Gasteiger partial charge >= 0.3 is 6.03 Å². The summed E-state index contributed by atoms with van der Waals surface area (Å²) < 4.78 is 26.6. The van der Waals surface area contributed by atoms with E-state index < -0.39 is 11.8 Å². The normalized spacial score (nSPS) is 16.6. The van der Waals surface area contributed by atoms with Crippen molar-refractivity contribution in [1.29, 1.82) is 0 Å². The van der Waals surface area contributed by atoms with E-state index in [9.17, 15) is 9.18 Å². The summed E-state index contributed by atoms with van der Waals surface area (Å²) in [6.07, 6.45) is 7.15. The van der Waals surface area contributed by atoms with Crippen LogP contribution in [0.1, 0.15) is 12.8 Å². The number of urea groups is 1. The van der Waals surface area contributed by atoms with Crippen LogP contribution in [0, 0.1) is 5.82 Å². The number of halogens is 1. The summed E-state index contributed by atoms with van der Waals surface area (Å²) in [6, 6.07) is 3.62. The molecule has 0 radical (unpaired) electrons. The molecule has 2 aromatic rings. The third-order valence-electron chi connectivity index (χ3n) is 3.85. The molecule has 7 nitrogen and oxygen atoms in total. The molecule has 8 heteroatoms. The predicted molar refractivity (Wildman–Crippen MR) is 90.1 cm³/mol. The van der Waals surface area contributed by atoms with E-state index in [0.717, 1.165) is 19.4 Å². The quantitative estimate of drug-likeness (QED) is 0.805. The first-order chi connectivity index (χ1) is 12.2. The van der Waals surface area contributed by atoms with E-state index in [1.165, 1.54) is 18.2 Å². The summed E-state index contributed by atoms with van der Waals surface area (Å²) in [5.41, 5.74) is 0.290. The Labute approximate surface area is 145 Å². The summed E-state index contributed by atoms with van der Waals surface area (Å²) in [5.74, 6) is -0.0279. The van der Waals surface area contributed by atoms with Gasteiger partial charge in [0.1, 0.15) is 18.2 Å². The molecule has 0 unspecified atom stereocenters. The maximum Gasteiger partial charge on any atom is 0.319 e. The van der Waals surface area contributed by atoms with E-state index in [-0.39, 0.29) is 11.8 Å². The second kappa shape index (κ2) is 8.48. The molecule has 3 rings (SSSR count). The van der Waals surface area contributed by atoms with Gasteiger partial charge < -0.3 is 24.7 Å². The van der Waals surface area contributed by atoms with E-state index >= 15 is 0 Å². The first-order valence-electron chi connectivity index (χ1n) is 8.25. The van der Waals surface area contributed by atoms with E-state index in [0.29, 0.717) is 25.4 Å². The molecule has 25 heavy (non-hydrogen) atoms. The summed E-state index contributed by atoms with van der Waals surface area (Å²) >= 11 is 0. The Hall–Kier alpha value is -2.61. The summed E-state index contributed by atoms with van der Waals surface area (Å²) in [4.78, 5) is 15.9. The molecular weight excluding hydrogens is 327 g/mol. The third-order valence-corrected chi connectivity index (χ3v) is 3.85. The molecule has 2 heterocycles. The van der Waals surface area contributed by atoms with Crippen molar-refractivity contribution in [3.05, 3.63) is 42.7 Å². The van der Waals surface area contributed by atoms with Gasteiger partial charge in [-0.05, 0) is 25.0 Å². The summed E-state index contributed by atoms with van der Waals surface area (Å²) in [6.45, 7) is 2.13. The monoisotopic (exact) mass is 348 g/mol. The topological polar surface area (TPSA) is 77.4 Å². The van der Waals surface area contributed by atoms with Gasteiger partial charge in [0.15, 0.2) is 0 Å². The number of carbonyl (C=O) groups excluding carboxylic acids is 1. The number of hydrogen-bond donors (Lipinski definition) is 2. The first-order valence-corrected chi connectivity index (χ1v) is 8.25. The zero-order valence-electron chi connectivity index (χ0n) is 13.8. The predicted octanol–water partition coefficient (Wildman–Crippen LogP) is 2.40. The number of nitrogens with one attached hydrogen (secondary N) is 2. The van der Waals surface area contributed by atoms with Crippen molar-refractivity contribution in [1.82, 2.24) is 14.9 Å². The van der Waals surface area contributed by atoms with Crippen LogP contribution in [0.15, 0.2) is 36.9 Å². The van der Waals surface area contributed by atoms with Crippen LogP contribution in [0.4, 0.5) is 14.9 Å². The average molecular weight is 348 g/mol. The number of rotatable bonds is 7. The lowest BCUT2D eigenvalue weighted by Crippen LogP contribution is -2.31. The number of hydrogen-bond acceptors (Lipinski definition) is 4. The fourth-order valence-corrected chi connectivity index (χ4v) is 2.57. The molecule has 2 amide bonds. The molecule has 2 N–H and O–H groups in total. The highest BCUT2D eigenvalue weighted by atomic mass is 19.1. The van der Waals surface area contributed by atoms with Gasteiger partial charge in [-0.2, -0.15) is 0 Å². The second-order valence-electron chi connectivity index (χ2n) is 5.77. The van der Waals surface area contributed by atoms with E-state index in [1.807, 2.05) is 10.8 Å². The van der Waals surface area contributed by atoms with Crippen LogP contribution in [0.2, 0.25) is 0 Å². The summed E-state index contributed by atoms with van der Waals surface area (Å²) in [5, 5.41) is 5.34. The van der Waals surface area contributed by atoms with Gasteiger partial charge in [-0.25, -0.2) is 14.2 Å². The molecule has 1 aromatic heterocycles. The Bertz CT molecular complexity index is 687. The van der Waals surface area contributed by atoms with Gasteiger partial charge in [-0.15, -0.1) is 0 Å². The highest BCUT2D eigenvalue weighted by Gasteiger charge is 2.17. The second-order valence-corrected chi connectivity index (χ2v) is 5.77. The molecule has 0 aliphatic carbocycles. The highest BCUT2D eigenvalue weighted by Crippen LogP contribution is 2.26. The van der Waals surface area contributed by atoms with Crippen molar-refractivity contribution in [2.45, 2.75) is 25.5 Å². The first kappa shape index (κ1) is 17.2. The van der Waals surface area contributed by atoms with Crippen molar-refractivity contribution in [2.75, 3.05) is 25.1 Å². The number of aromatic nitrogens is 2. The maximum absolute atomic E-state index is 13.5. The lowest BCUT2D eigenvalue weighted by Gasteiger charge is -2.15. The van der Waals surface area contributed by atoms with E-state index in [4.69, 9.17) is 9.47 Å². The fourth-order valence-electron chi connectivity index (χ4n) is 2.57. The van der Waals surface area contributed by atoms with E-state index in [2.05, 4.69) is 15.6 Å². The lowest BCUT2D eigenvalue weighted by molar-refractivity contribution is 0.0682. The van der Waals surface area contributed by atoms with Gasteiger partial charge in [0.05, 0.1) is 18.1 Å². The molecule has 0 bridgehead atoms. The Morgan fingerprint density at radius 2 is 2.40 bits per heavy atom. The van der Waals surface area contributed by atoms with Crippen molar-refractivity contribution in [2.24, 2.45) is 0 Å². The number of benzene rings is 1. The Kier molecular flexibility index (Phi) is 5.84. The van der Waals surface area contributed by atoms with Crippen molar-refractivity contribution in [3.63, 3.8) is 0 Å². The van der Waals surface area contributed by atoms with Crippen molar-refractivity contribution in [3.8, 4) is 5.75 Å². The zero-order valence-corrected chi connectivity index (χ0v) is 13.8. The number of anilines is 1. The lowest BCUT2D eigenvalue weighted by atomic mass is 10.2. The smallest absolute Gasteiger partial charge is 0.319 e. The number of carbonyl (C=O) groups is 1. The molecular formula is C17H21FN4O3. The molecule has 1 fully saturated rings. The van der Waals surface area contributed by atoms with Crippen LogP contribution >= 0.6 is 0 Å². The standard InChI is InChI=1S/C17H21FN4O3/c18-13-3-4-16(25-11-14-2-1-9-24-14)15(10-13)21-17(23)20-6-8-22-7-5-19-12-22/h3-5,7,10,12,14H,1-2,6,8-9,11H2,(H2,20,21,23)/t14-/m0/s1. The summed E-state index contributed by atoms with van der Waals surface area (Å²) in [7, 11) is 0. The SMILES string of the molecule is O=C(NCCn1ccnc1)Nc1cc(F)ccc1OC[C@@H]1CCCO1. The van der Waals surface area contributed by atoms with Crippen LogP contribution in [0.3, 0.4) is 0 Å². The molecule has 1 aromatic carbocycles. The van der Waals surface area contributed by atoms with Crippen LogP contribution in [-0.2, 0) is 11.3 Å². The maximum atomic E-state index is 13.5. The average Bonchev–Trinajstić information content (AvgIpc) is 3.27. The van der Waals surface area contributed by atoms with Gasteiger partial charge in [-0.1, -0.05) is 0 Å². The van der Waals surface area contributed by atoms with Crippen LogP contribution in [-0.4, -0.2) is 41.4 Å². The zero-order chi connectivity index (χ0) is 17.5. The molecule has 1 atom stereocenters. The number of imidazole rings is 1. The molecule has 1 aliphatic rings. The highest BCUT2D eigenvalue weighted by molar-refractivity contribution is 5.90. The Balaban J connectivity index is 1.52. The molecule has 1 saturated heterocycles. The number of amides is 2. The van der Waals surface area contributed by atoms with Crippen LogP contribution in [0.25, 0.3) is 0 Å². The van der Waals surface area contributed by atoms with Crippen LogP contribution < -0.4 is 15.4 Å². The molecule has 0 saturated carbocycles. The largest absolute Gasteiger partial charge is 0.489 e. The Morgan fingerprint density at radius 1 is 1.48 bits per heavy atom. The number of nitrogens with zero attached hydrogens (tertiary/aromatic N) is 2. The van der Waals surface area contributed by atoms with Gasteiger partial charge in [0.25, 0.3) is 0 Å².